The van der Waals surface area contributed by atoms with E-state index in [-0.39, 0.29) is 0 Å². The predicted octanol–water partition coefficient (Wildman–Crippen LogP) is 3.11. The van der Waals surface area contributed by atoms with Crippen LogP contribution in [0, 0.1) is 5.92 Å². The number of rotatable bonds is 4. The summed E-state index contributed by atoms with van der Waals surface area (Å²) in [6, 6.07) is 3.79. The monoisotopic (exact) mass is 282 g/mol. The molecule has 19 heavy (non-hydrogen) atoms. The van der Waals surface area contributed by atoms with Crippen molar-refractivity contribution in [2.75, 3.05) is 13.6 Å². The van der Waals surface area contributed by atoms with Crippen molar-refractivity contribution < 1.29 is 5.11 Å². The number of aliphatic hydroxyl groups is 1. The van der Waals surface area contributed by atoms with Crippen molar-refractivity contribution in [3.05, 3.63) is 29.0 Å². The number of hydrogen-bond donors (Lipinski definition) is 1. The number of nitrogens with zero attached hydrogens (tertiary/aromatic N) is 2. The standard InChI is InChI=1S/C15H23ClN2O/c1-12-5-7-15(19,8-6-12)11-18(2)10-13-3-4-14(16)17-9-13/h3-4,9,12,19H,5-8,10-11H2,1-2H3. The summed E-state index contributed by atoms with van der Waals surface area (Å²) in [6.07, 6.45) is 5.89. The van der Waals surface area contributed by atoms with Crippen molar-refractivity contribution in [1.29, 1.82) is 0 Å². The van der Waals surface area contributed by atoms with Gasteiger partial charge < -0.3 is 5.11 Å². The van der Waals surface area contributed by atoms with E-state index in [2.05, 4.69) is 16.8 Å². The molecule has 0 radical (unpaired) electrons. The van der Waals surface area contributed by atoms with Crippen molar-refractivity contribution in [2.24, 2.45) is 5.92 Å². The Morgan fingerprint density at radius 3 is 2.68 bits per heavy atom. The number of hydrogen-bond acceptors (Lipinski definition) is 3. The minimum absolute atomic E-state index is 0.513. The zero-order valence-corrected chi connectivity index (χ0v) is 12.5. The quantitative estimate of drug-likeness (QED) is 0.862. The van der Waals surface area contributed by atoms with Gasteiger partial charge in [-0.05, 0) is 50.3 Å². The molecule has 0 bridgehead atoms. The van der Waals surface area contributed by atoms with E-state index < -0.39 is 5.60 Å². The third-order valence-electron chi connectivity index (χ3n) is 4.01. The second kappa shape index (κ2) is 6.21. The number of pyridine rings is 1. The van der Waals surface area contributed by atoms with Gasteiger partial charge >= 0.3 is 0 Å². The van der Waals surface area contributed by atoms with Crippen LogP contribution in [0.4, 0.5) is 0 Å². The van der Waals surface area contributed by atoms with Gasteiger partial charge in [0.1, 0.15) is 5.15 Å². The maximum absolute atomic E-state index is 10.6. The van der Waals surface area contributed by atoms with Gasteiger partial charge in [0.15, 0.2) is 0 Å². The second-order valence-electron chi connectivity index (χ2n) is 6.07. The fourth-order valence-electron chi connectivity index (χ4n) is 2.83. The molecule has 0 atom stereocenters. The molecule has 1 heterocycles. The van der Waals surface area contributed by atoms with E-state index in [1.54, 1.807) is 6.20 Å². The van der Waals surface area contributed by atoms with E-state index in [0.717, 1.165) is 50.3 Å². The summed E-state index contributed by atoms with van der Waals surface area (Å²) in [5, 5.41) is 11.1. The molecule has 0 amide bonds. The molecule has 0 aliphatic heterocycles. The lowest BCUT2D eigenvalue weighted by atomic mass is 9.79. The van der Waals surface area contributed by atoms with Gasteiger partial charge in [0.05, 0.1) is 5.60 Å². The van der Waals surface area contributed by atoms with Gasteiger partial charge in [0, 0.05) is 19.3 Å². The molecule has 0 spiro atoms. The van der Waals surface area contributed by atoms with E-state index in [4.69, 9.17) is 11.6 Å². The van der Waals surface area contributed by atoms with Crippen LogP contribution in [-0.4, -0.2) is 34.2 Å². The van der Waals surface area contributed by atoms with Crippen LogP contribution in [0.25, 0.3) is 0 Å². The summed E-state index contributed by atoms with van der Waals surface area (Å²) < 4.78 is 0. The summed E-state index contributed by atoms with van der Waals surface area (Å²) in [6.45, 7) is 3.78. The molecule has 1 aromatic rings. The van der Waals surface area contributed by atoms with Gasteiger partial charge in [0.2, 0.25) is 0 Å². The van der Waals surface area contributed by atoms with E-state index in [9.17, 15) is 5.11 Å². The fraction of sp³-hybridized carbons (Fsp3) is 0.667. The topological polar surface area (TPSA) is 36.4 Å². The van der Waals surface area contributed by atoms with E-state index in [1.807, 2.05) is 19.2 Å². The summed E-state index contributed by atoms with van der Waals surface area (Å²) in [5.41, 5.74) is 0.612. The van der Waals surface area contributed by atoms with Gasteiger partial charge in [-0.1, -0.05) is 24.6 Å². The van der Waals surface area contributed by atoms with Crippen LogP contribution < -0.4 is 0 Å². The Kier molecular flexibility index (Phi) is 4.82. The zero-order chi connectivity index (χ0) is 13.9. The average Bonchev–Trinajstić information content (AvgIpc) is 2.36. The Labute approximate surface area is 120 Å². The Morgan fingerprint density at radius 2 is 2.11 bits per heavy atom. The number of likely N-dealkylation sites (N-methyl/N-ethyl adjacent to an activating group) is 1. The smallest absolute Gasteiger partial charge is 0.129 e. The highest BCUT2D eigenvalue weighted by Crippen LogP contribution is 2.32. The maximum atomic E-state index is 10.6. The molecule has 1 N–H and O–H groups in total. The largest absolute Gasteiger partial charge is 0.389 e. The van der Waals surface area contributed by atoms with Crippen molar-refractivity contribution in [2.45, 2.75) is 44.8 Å². The molecular formula is C15H23ClN2O. The lowest BCUT2D eigenvalue weighted by Gasteiger charge is -2.37. The molecule has 3 nitrogen and oxygen atoms in total. The maximum Gasteiger partial charge on any atom is 0.129 e. The molecular weight excluding hydrogens is 260 g/mol. The summed E-state index contributed by atoms with van der Waals surface area (Å²) in [5.74, 6) is 0.756. The molecule has 1 aliphatic rings. The van der Waals surface area contributed by atoms with E-state index in [1.165, 1.54) is 0 Å². The van der Waals surface area contributed by atoms with Crippen LogP contribution >= 0.6 is 11.6 Å². The van der Waals surface area contributed by atoms with E-state index in [0.29, 0.717) is 5.15 Å². The highest BCUT2D eigenvalue weighted by molar-refractivity contribution is 6.29. The van der Waals surface area contributed by atoms with Gasteiger partial charge in [-0.25, -0.2) is 4.98 Å². The number of aromatic nitrogens is 1. The van der Waals surface area contributed by atoms with Crippen LogP contribution in [0.3, 0.4) is 0 Å². The van der Waals surface area contributed by atoms with Crippen molar-refractivity contribution in [1.82, 2.24) is 9.88 Å². The van der Waals surface area contributed by atoms with Crippen molar-refractivity contribution in [3.63, 3.8) is 0 Å². The number of halogens is 1. The minimum atomic E-state index is -0.513. The average molecular weight is 283 g/mol. The fourth-order valence-corrected chi connectivity index (χ4v) is 2.94. The lowest BCUT2D eigenvalue weighted by molar-refractivity contribution is -0.0315. The molecule has 1 aliphatic carbocycles. The van der Waals surface area contributed by atoms with Crippen LogP contribution in [0.2, 0.25) is 5.15 Å². The molecule has 2 rings (SSSR count). The molecule has 1 fully saturated rings. The van der Waals surface area contributed by atoms with Gasteiger partial charge in [-0.15, -0.1) is 0 Å². The second-order valence-corrected chi connectivity index (χ2v) is 6.46. The predicted molar refractivity (Wildman–Crippen MR) is 78.2 cm³/mol. The SMILES string of the molecule is CC1CCC(O)(CN(C)Cc2ccc(Cl)nc2)CC1. The van der Waals surface area contributed by atoms with Crippen LogP contribution in [0.15, 0.2) is 18.3 Å². The first-order chi connectivity index (χ1) is 8.97. The van der Waals surface area contributed by atoms with Crippen LogP contribution in [0.5, 0.6) is 0 Å². The highest BCUT2D eigenvalue weighted by atomic mass is 35.5. The molecule has 0 saturated heterocycles. The molecule has 0 unspecified atom stereocenters. The third kappa shape index (κ3) is 4.44. The molecule has 106 valence electrons. The molecule has 0 aromatic carbocycles. The Morgan fingerprint density at radius 1 is 1.42 bits per heavy atom. The minimum Gasteiger partial charge on any atom is -0.389 e. The first kappa shape index (κ1) is 14.8. The van der Waals surface area contributed by atoms with Crippen molar-refractivity contribution >= 4 is 11.6 Å². The Bertz CT molecular complexity index is 399. The van der Waals surface area contributed by atoms with Gasteiger partial charge in [0.25, 0.3) is 0 Å². The van der Waals surface area contributed by atoms with Crippen molar-refractivity contribution in [3.8, 4) is 0 Å². The van der Waals surface area contributed by atoms with Crippen LogP contribution in [-0.2, 0) is 6.54 Å². The summed E-state index contributed by atoms with van der Waals surface area (Å²) >= 11 is 5.77. The van der Waals surface area contributed by atoms with Gasteiger partial charge in [-0.2, -0.15) is 0 Å². The first-order valence-electron chi connectivity index (χ1n) is 6.98. The molecule has 1 saturated carbocycles. The van der Waals surface area contributed by atoms with E-state index >= 15 is 0 Å². The Balaban J connectivity index is 1.86. The zero-order valence-electron chi connectivity index (χ0n) is 11.8. The highest BCUT2D eigenvalue weighted by Gasteiger charge is 2.32. The third-order valence-corrected chi connectivity index (χ3v) is 4.23. The summed E-state index contributed by atoms with van der Waals surface area (Å²) in [7, 11) is 2.05. The molecule has 4 heteroatoms. The normalized spacial score (nSPS) is 27.7. The molecule has 1 aromatic heterocycles. The Hall–Kier alpha value is -0.640. The van der Waals surface area contributed by atoms with Crippen LogP contribution in [0.1, 0.15) is 38.2 Å². The summed E-state index contributed by atoms with van der Waals surface area (Å²) in [4.78, 5) is 6.25. The lowest BCUT2D eigenvalue weighted by Crippen LogP contribution is -2.43. The first-order valence-corrected chi connectivity index (χ1v) is 7.36. The van der Waals surface area contributed by atoms with Gasteiger partial charge in [-0.3, -0.25) is 4.90 Å².